The van der Waals surface area contributed by atoms with Crippen LogP contribution in [-0.2, 0) is 12.8 Å². The topological polar surface area (TPSA) is 42.0 Å². The maximum atomic E-state index is 12.5. The number of nitrogens with one attached hydrogen (secondary N) is 1. The first-order valence-corrected chi connectivity index (χ1v) is 8.58. The first kappa shape index (κ1) is 16.3. The van der Waals surface area contributed by atoms with Crippen molar-refractivity contribution in [3.8, 4) is 11.8 Å². The lowest BCUT2D eigenvalue weighted by Crippen LogP contribution is -2.35. The molecule has 1 N–H and O–H groups in total. The van der Waals surface area contributed by atoms with Crippen molar-refractivity contribution in [2.45, 2.75) is 45.1 Å². The SMILES string of the molecule is CCCCC#Cc1cncc(C(=O)NC2Cc3ccccc3C2)c1. The van der Waals surface area contributed by atoms with E-state index in [2.05, 4.69) is 41.2 Å². The number of amides is 1. The fraction of sp³-hybridized carbons (Fsp3) is 0.333. The number of carbonyl (C=O) groups excluding carboxylic acids is 1. The Hall–Kier alpha value is -2.60. The second-order valence-corrected chi connectivity index (χ2v) is 6.21. The van der Waals surface area contributed by atoms with Crippen molar-refractivity contribution in [3.05, 3.63) is 65.0 Å². The van der Waals surface area contributed by atoms with Gasteiger partial charge in [0.15, 0.2) is 0 Å². The van der Waals surface area contributed by atoms with Crippen molar-refractivity contribution in [2.24, 2.45) is 0 Å². The summed E-state index contributed by atoms with van der Waals surface area (Å²) in [5.74, 6) is 6.15. The predicted molar refractivity (Wildman–Crippen MR) is 95.7 cm³/mol. The molecule has 1 heterocycles. The first-order valence-electron chi connectivity index (χ1n) is 8.58. The second kappa shape index (κ2) is 7.79. The summed E-state index contributed by atoms with van der Waals surface area (Å²) in [6.07, 6.45) is 8.22. The largest absolute Gasteiger partial charge is 0.349 e. The van der Waals surface area contributed by atoms with Crippen LogP contribution >= 0.6 is 0 Å². The van der Waals surface area contributed by atoms with Gasteiger partial charge in [-0.05, 0) is 36.5 Å². The van der Waals surface area contributed by atoms with E-state index >= 15 is 0 Å². The molecule has 0 bridgehead atoms. The van der Waals surface area contributed by atoms with Gasteiger partial charge in [0.2, 0.25) is 0 Å². The van der Waals surface area contributed by atoms with Crippen LogP contribution in [0.5, 0.6) is 0 Å². The molecule has 3 rings (SSSR count). The number of fused-ring (bicyclic) bond motifs is 1. The highest BCUT2D eigenvalue weighted by molar-refractivity contribution is 5.94. The Morgan fingerprint density at radius 1 is 1.25 bits per heavy atom. The molecule has 0 fully saturated rings. The molecule has 0 aliphatic heterocycles. The van der Waals surface area contributed by atoms with Crippen LogP contribution in [0, 0.1) is 11.8 Å². The summed E-state index contributed by atoms with van der Waals surface area (Å²) in [4.78, 5) is 16.6. The Labute approximate surface area is 143 Å². The molecule has 2 aromatic rings. The zero-order chi connectivity index (χ0) is 16.8. The molecule has 0 unspecified atom stereocenters. The number of benzene rings is 1. The van der Waals surface area contributed by atoms with Crippen LogP contribution < -0.4 is 5.32 Å². The molecule has 1 aromatic carbocycles. The molecule has 3 heteroatoms. The summed E-state index contributed by atoms with van der Waals surface area (Å²) in [6, 6.07) is 10.4. The molecule has 1 aromatic heterocycles. The monoisotopic (exact) mass is 318 g/mol. The van der Waals surface area contributed by atoms with Crippen LogP contribution in [0.3, 0.4) is 0 Å². The average molecular weight is 318 g/mol. The van der Waals surface area contributed by atoms with Gasteiger partial charge in [-0.25, -0.2) is 0 Å². The fourth-order valence-electron chi connectivity index (χ4n) is 2.99. The quantitative estimate of drug-likeness (QED) is 0.692. The van der Waals surface area contributed by atoms with Crippen LogP contribution in [0.4, 0.5) is 0 Å². The van der Waals surface area contributed by atoms with Crippen molar-refractivity contribution >= 4 is 5.91 Å². The minimum atomic E-state index is -0.0717. The molecule has 0 saturated carbocycles. The molecule has 0 radical (unpaired) electrons. The van der Waals surface area contributed by atoms with Gasteiger partial charge >= 0.3 is 0 Å². The number of aromatic nitrogens is 1. The zero-order valence-corrected chi connectivity index (χ0v) is 14.0. The van der Waals surface area contributed by atoms with Gasteiger partial charge in [-0.1, -0.05) is 49.5 Å². The normalized spacial score (nSPS) is 13.0. The van der Waals surface area contributed by atoms with E-state index in [1.807, 2.05) is 18.2 Å². The van der Waals surface area contributed by atoms with Gasteiger partial charge in [0.1, 0.15) is 0 Å². The smallest absolute Gasteiger partial charge is 0.253 e. The van der Waals surface area contributed by atoms with E-state index < -0.39 is 0 Å². The maximum Gasteiger partial charge on any atom is 0.253 e. The molecule has 0 saturated heterocycles. The van der Waals surface area contributed by atoms with E-state index in [1.165, 1.54) is 11.1 Å². The van der Waals surface area contributed by atoms with Crippen LogP contribution in [-0.4, -0.2) is 16.9 Å². The van der Waals surface area contributed by atoms with Crippen LogP contribution in [0.2, 0.25) is 0 Å². The lowest BCUT2D eigenvalue weighted by atomic mass is 10.1. The van der Waals surface area contributed by atoms with Gasteiger partial charge in [0, 0.05) is 30.4 Å². The van der Waals surface area contributed by atoms with Crippen molar-refractivity contribution < 1.29 is 4.79 Å². The molecular formula is C21H22N2O. The van der Waals surface area contributed by atoms with E-state index in [0.29, 0.717) is 5.56 Å². The summed E-state index contributed by atoms with van der Waals surface area (Å²) in [6.45, 7) is 2.15. The van der Waals surface area contributed by atoms with E-state index in [-0.39, 0.29) is 11.9 Å². The van der Waals surface area contributed by atoms with Crippen molar-refractivity contribution in [3.63, 3.8) is 0 Å². The second-order valence-electron chi connectivity index (χ2n) is 6.21. The van der Waals surface area contributed by atoms with Gasteiger partial charge in [0.25, 0.3) is 5.91 Å². The summed E-state index contributed by atoms with van der Waals surface area (Å²) in [5, 5.41) is 3.12. The molecule has 1 aliphatic rings. The van der Waals surface area contributed by atoms with Gasteiger partial charge < -0.3 is 5.32 Å². The first-order chi connectivity index (χ1) is 11.8. The Bertz CT molecular complexity index is 761. The number of unbranched alkanes of at least 4 members (excludes halogenated alkanes) is 2. The number of pyridine rings is 1. The minimum absolute atomic E-state index is 0.0717. The maximum absolute atomic E-state index is 12.5. The summed E-state index contributed by atoms with van der Waals surface area (Å²) < 4.78 is 0. The molecule has 122 valence electrons. The lowest BCUT2D eigenvalue weighted by Gasteiger charge is -2.12. The van der Waals surface area contributed by atoms with E-state index in [4.69, 9.17) is 0 Å². The predicted octanol–water partition coefficient (Wildman–Crippen LogP) is 3.52. The van der Waals surface area contributed by atoms with Crippen molar-refractivity contribution in [1.82, 2.24) is 10.3 Å². The van der Waals surface area contributed by atoms with Crippen molar-refractivity contribution in [2.75, 3.05) is 0 Å². The Kier molecular flexibility index (Phi) is 5.28. The summed E-state index contributed by atoms with van der Waals surface area (Å²) >= 11 is 0. The van der Waals surface area contributed by atoms with E-state index in [1.54, 1.807) is 12.4 Å². The standard InChI is InChI=1S/C21H22N2O/c1-2-3-4-5-8-16-11-19(15-22-14-16)21(24)23-20-12-17-9-6-7-10-18(17)13-20/h6-7,9-11,14-15,20H,2-4,12-13H2,1H3,(H,23,24). The minimum Gasteiger partial charge on any atom is -0.349 e. The van der Waals surface area contributed by atoms with Crippen molar-refractivity contribution in [1.29, 1.82) is 0 Å². The highest BCUT2D eigenvalue weighted by Crippen LogP contribution is 2.21. The van der Waals surface area contributed by atoms with Crippen LogP contribution in [0.1, 0.15) is 53.2 Å². The number of hydrogen-bond acceptors (Lipinski definition) is 2. The van der Waals surface area contributed by atoms with Crippen LogP contribution in [0.25, 0.3) is 0 Å². The fourth-order valence-corrected chi connectivity index (χ4v) is 2.99. The molecule has 0 spiro atoms. The van der Waals surface area contributed by atoms with Crippen LogP contribution in [0.15, 0.2) is 42.7 Å². The lowest BCUT2D eigenvalue weighted by molar-refractivity contribution is 0.0938. The molecule has 3 nitrogen and oxygen atoms in total. The van der Waals surface area contributed by atoms with Gasteiger partial charge in [-0.3, -0.25) is 9.78 Å². The number of nitrogens with zero attached hydrogens (tertiary/aromatic N) is 1. The Morgan fingerprint density at radius 2 is 2.00 bits per heavy atom. The Morgan fingerprint density at radius 3 is 2.71 bits per heavy atom. The zero-order valence-electron chi connectivity index (χ0n) is 14.0. The van der Waals surface area contributed by atoms with E-state index in [9.17, 15) is 4.79 Å². The molecule has 0 atom stereocenters. The third kappa shape index (κ3) is 4.02. The average Bonchev–Trinajstić information content (AvgIpc) is 3.01. The number of hydrogen-bond donors (Lipinski definition) is 1. The third-order valence-electron chi connectivity index (χ3n) is 4.27. The highest BCUT2D eigenvalue weighted by atomic mass is 16.1. The van der Waals surface area contributed by atoms with Gasteiger partial charge in [-0.2, -0.15) is 0 Å². The molecular weight excluding hydrogens is 296 g/mol. The number of rotatable bonds is 4. The molecule has 24 heavy (non-hydrogen) atoms. The summed E-state index contributed by atoms with van der Waals surface area (Å²) in [5.41, 5.74) is 4.04. The van der Waals surface area contributed by atoms with Gasteiger partial charge in [-0.15, -0.1) is 0 Å². The molecule has 1 aliphatic carbocycles. The van der Waals surface area contributed by atoms with Gasteiger partial charge in [0.05, 0.1) is 5.56 Å². The Balaban J connectivity index is 1.62. The summed E-state index contributed by atoms with van der Waals surface area (Å²) in [7, 11) is 0. The number of carbonyl (C=O) groups is 1. The molecule has 1 amide bonds. The van der Waals surface area contributed by atoms with E-state index in [0.717, 1.165) is 37.7 Å². The highest BCUT2D eigenvalue weighted by Gasteiger charge is 2.22. The third-order valence-corrected chi connectivity index (χ3v) is 4.27.